The molecule has 2 N–H and O–H groups in total. The maximum absolute atomic E-state index is 13.6. The molecule has 176 valence electrons. The smallest absolute Gasteiger partial charge is 0.254 e. The molecule has 2 atom stereocenters. The van der Waals surface area contributed by atoms with Crippen molar-refractivity contribution in [2.45, 2.75) is 57.8 Å². The third kappa shape index (κ3) is 6.17. The molecular weight excluding hydrogens is 423 g/mol. The minimum atomic E-state index is -1.17. The molecule has 1 aliphatic rings. The summed E-state index contributed by atoms with van der Waals surface area (Å²) >= 11 is 0. The lowest BCUT2D eigenvalue weighted by Crippen LogP contribution is -2.53. The summed E-state index contributed by atoms with van der Waals surface area (Å²) in [7, 11) is 0. The molecule has 1 aliphatic heterocycles. The first-order valence-electron chi connectivity index (χ1n) is 11.2. The van der Waals surface area contributed by atoms with E-state index in [0.29, 0.717) is 12.0 Å². The van der Waals surface area contributed by atoms with Crippen molar-refractivity contribution in [2.75, 3.05) is 19.6 Å². The maximum Gasteiger partial charge on any atom is 0.254 e. The van der Waals surface area contributed by atoms with Crippen molar-refractivity contribution in [3.63, 3.8) is 0 Å². The molecule has 0 aliphatic carbocycles. The number of rotatable bonds is 9. The van der Waals surface area contributed by atoms with E-state index in [0.717, 1.165) is 17.8 Å². The Hall–Kier alpha value is -3.25. The van der Waals surface area contributed by atoms with Gasteiger partial charge in [-0.15, -0.1) is 0 Å². The SMILES string of the molecule is CCCc1nn(-c2ccccc2)cc1C(=O)NCC(C)(C)NCC(=O)N1C[C@@H](F)C[C@H]1C#N. The van der Waals surface area contributed by atoms with Crippen molar-refractivity contribution >= 4 is 11.8 Å². The van der Waals surface area contributed by atoms with Crippen LogP contribution in [0, 0.1) is 11.3 Å². The van der Waals surface area contributed by atoms with Gasteiger partial charge in [0.15, 0.2) is 0 Å². The standard InChI is InChI=1S/C24H31FN6O2/c1-4-8-21-20(15-31(29-21)18-9-6-5-7-10-18)23(33)27-16-24(2,3)28-13-22(32)30-14-17(25)11-19(30)12-26/h5-7,9-10,15,17,19,28H,4,8,11,13-14,16H2,1-3H3,(H,27,33)/t17-,19-/m0/s1. The van der Waals surface area contributed by atoms with E-state index < -0.39 is 17.8 Å². The largest absolute Gasteiger partial charge is 0.350 e. The predicted molar refractivity (Wildman–Crippen MR) is 123 cm³/mol. The monoisotopic (exact) mass is 454 g/mol. The third-order valence-corrected chi connectivity index (χ3v) is 5.67. The highest BCUT2D eigenvalue weighted by Gasteiger charge is 2.35. The topological polar surface area (TPSA) is 103 Å². The zero-order valence-corrected chi connectivity index (χ0v) is 19.3. The van der Waals surface area contributed by atoms with Gasteiger partial charge in [-0.05, 0) is 32.4 Å². The lowest BCUT2D eigenvalue weighted by molar-refractivity contribution is -0.130. The zero-order valence-electron chi connectivity index (χ0n) is 19.3. The molecule has 33 heavy (non-hydrogen) atoms. The van der Waals surface area contributed by atoms with Crippen LogP contribution in [0.3, 0.4) is 0 Å². The van der Waals surface area contributed by atoms with E-state index in [4.69, 9.17) is 5.26 Å². The Morgan fingerprint density at radius 2 is 2.03 bits per heavy atom. The minimum absolute atomic E-state index is 0.0409. The van der Waals surface area contributed by atoms with E-state index in [9.17, 15) is 14.0 Å². The third-order valence-electron chi connectivity index (χ3n) is 5.67. The van der Waals surface area contributed by atoms with Crippen molar-refractivity contribution < 1.29 is 14.0 Å². The second kappa shape index (κ2) is 10.6. The summed E-state index contributed by atoms with van der Waals surface area (Å²) in [6.07, 6.45) is 2.17. The van der Waals surface area contributed by atoms with Crippen molar-refractivity contribution in [3.05, 3.63) is 47.8 Å². The first-order chi connectivity index (χ1) is 15.7. The number of aromatic nitrogens is 2. The van der Waals surface area contributed by atoms with Crippen molar-refractivity contribution in [1.29, 1.82) is 5.26 Å². The molecule has 9 heteroatoms. The first-order valence-corrected chi connectivity index (χ1v) is 11.2. The fourth-order valence-corrected chi connectivity index (χ4v) is 3.79. The molecule has 0 bridgehead atoms. The fraction of sp³-hybridized carbons (Fsp3) is 0.500. The van der Waals surface area contributed by atoms with Crippen LogP contribution in [0.25, 0.3) is 5.69 Å². The Labute approximate surface area is 193 Å². The van der Waals surface area contributed by atoms with E-state index in [1.54, 1.807) is 10.9 Å². The zero-order chi connectivity index (χ0) is 24.0. The van der Waals surface area contributed by atoms with Crippen LogP contribution in [0.1, 0.15) is 49.7 Å². The van der Waals surface area contributed by atoms with Crippen LogP contribution in [0.4, 0.5) is 4.39 Å². The molecule has 2 aromatic rings. The summed E-state index contributed by atoms with van der Waals surface area (Å²) in [5, 5.41) is 19.8. The van der Waals surface area contributed by atoms with Gasteiger partial charge in [-0.2, -0.15) is 10.4 Å². The average Bonchev–Trinajstić information content (AvgIpc) is 3.40. The molecule has 2 amide bonds. The van der Waals surface area contributed by atoms with E-state index in [2.05, 4.69) is 15.7 Å². The Bertz CT molecular complexity index is 1010. The number of halogens is 1. The molecule has 1 saturated heterocycles. The number of likely N-dealkylation sites (tertiary alicyclic amines) is 1. The number of hydrogen-bond acceptors (Lipinski definition) is 5. The highest BCUT2D eigenvalue weighted by Crippen LogP contribution is 2.20. The Morgan fingerprint density at radius 1 is 1.30 bits per heavy atom. The lowest BCUT2D eigenvalue weighted by Gasteiger charge is -2.28. The summed E-state index contributed by atoms with van der Waals surface area (Å²) in [4.78, 5) is 26.7. The summed E-state index contributed by atoms with van der Waals surface area (Å²) in [6.45, 7) is 5.95. The molecule has 0 spiro atoms. The Kier molecular flexibility index (Phi) is 7.82. The number of alkyl halides is 1. The lowest BCUT2D eigenvalue weighted by atomic mass is 10.1. The number of nitrogens with zero attached hydrogens (tertiary/aromatic N) is 4. The van der Waals surface area contributed by atoms with Crippen molar-refractivity contribution in [1.82, 2.24) is 25.3 Å². The van der Waals surface area contributed by atoms with Gasteiger partial charge >= 0.3 is 0 Å². The van der Waals surface area contributed by atoms with Crippen LogP contribution in [-0.4, -0.2) is 63.9 Å². The average molecular weight is 455 g/mol. The van der Waals surface area contributed by atoms with E-state index in [1.165, 1.54) is 4.90 Å². The maximum atomic E-state index is 13.6. The predicted octanol–water partition coefficient (Wildman–Crippen LogP) is 2.39. The fourth-order valence-electron chi connectivity index (χ4n) is 3.79. The molecule has 0 radical (unpaired) electrons. The van der Waals surface area contributed by atoms with Gasteiger partial charge in [0.05, 0.1) is 36.1 Å². The molecule has 0 unspecified atom stereocenters. The molecule has 8 nitrogen and oxygen atoms in total. The molecule has 2 heterocycles. The van der Waals surface area contributed by atoms with E-state index in [-0.39, 0.29) is 37.9 Å². The summed E-state index contributed by atoms with van der Waals surface area (Å²) in [6, 6.07) is 10.9. The van der Waals surface area contributed by atoms with E-state index in [1.807, 2.05) is 57.2 Å². The molecule has 3 rings (SSSR count). The highest BCUT2D eigenvalue weighted by molar-refractivity contribution is 5.95. The number of para-hydroxylation sites is 1. The molecule has 1 aromatic heterocycles. The second-order valence-corrected chi connectivity index (χ2v) is 8.96. The number of hydrogen-bond donors (Lipinski definition) is 2. The van der Waals surface area contributed by atoms with Crippen LogP contribution < -0.4 is 10.6 Å². The normalized spacial score (nSPS) is 18.2. The first kappa shape index (κ1) is 24.4. The van der Waals surface area contributed by atoms with Crippen LogP contribution in [0.2, 0.25) is 0 Å². The van der Waals surface area contributed by atoms with Crippen LogP contribution in [0.15, 0.2) is 36.5 Å². The number of aryl methyl sites for hydroxylation is 1. The number of amides is 2. The van der Waals surface area contributed by atoms with Gasteiger partial charge in [-0.1, -0.05) is 31.5 Å². The minimum Gasteiger partial charge on any atom is -0.350 e. The molecule has 1 fully saturated rings. The quantitative estimate of drug-likeness (QED) is 0.606. The van der Waals surface area contributed by atoms with Gasteiger partial charge < -0.3 is 15.5 Å². The van der Waals surface area contributed by atoms with Gasteiger partial charge in [0.25, 0.3) is 5.91 Å². The second-order valence-electron chi connectivity index (χ2n) is 8.96. The number of carbonyl (C=O) groups excluding carboxylic acids is 2. The summed E-state index contributed by atoms with van der Waals surface area (Å²) < 4.78 is 15.3. The van der Waals surface area contributed by atoms with Crippen LogP contribution in [-0.2, 0) is 11.2 Å². The van der Waals surface area contributed by atoms with Crippen molar-refractivity contribution in [2.24, 2.45) is 0 Å². The van der Waals surface area contributed by atoms with Crippen molar-refractivity contribution in [3.8, 4) is 11.8 Å². The number of nitriles is 1. The summed E-state index contributed by atoms with van der Waals surface area (Å²) in [5.74, 6) is -0.554. The van der Waals surface area contributed by atoms with Crippen LogP contribution >= 0.6 is 0 Å². The van der Waals surface area contributed by atoms with E-state index >= 15 is 0 Å². The molecule has 0 saturated carbocycles. The molecular formula is C24H31FN6O2. The highest BCUT2D eigenvalue weighted by atomic mass is 19.1. The summed E-state index contributed by atoms with van der Waals surface area (Å²) in [5.41, 5.74) is 1.54. The number of nitrogens with one attached hydrogen (secondary N) is 2. The van der Waals surface area contributed by atoms with Crippen LogP contribution in [0.5, 0.6) is 0 Å². The number of carbonyl (C=O) groups is 2. The Morgan fingerprint density at radius 3 is 2.70 bits per heavy atom. The number of benzene rings is 1. The van der Waals surface area contributed by atoms with Gasteiger partial charge in [0.2, 0.25) is 5.91 Å². The molecule has 1 aromatic carbocycles. The van der Waals surface area contributed by atoms with Gasteiger partial charge in [-0.25, -0.2) is 9.07 Å². The Balaban J connectivity index is 1.59. The van der Waals surface area contributed by atoms with Gasteiger partial charge in [0, 0.05) is 24.7 Å². The van der Waals surface area contributed by atoms with Gasteiger partial charge in [-0.3, -0.25) is 9.59 Å². The van der Waals surface area contributed by atoms with Gasteiger partial charge in [0.1, 0.15) is 12.2 Å².